The van der Waals surface area contributed by atoms with Gasteiger partial charge >= 0.3 is 0 Å². The van der Waals surface area contributed by atoms with Crippen LogP contribution in [0.1, 0.15) is 23.4 Å². The molecule has 0 saturated heterocycles. The number of aryl methyl sites for hydroxylation is 3. The van der Waals surface area contributed by atoms with Crippen molar-refractivity contribution < 1.29 is 9.59 Å². The maximum absolute atomic E-state index is 12.2. The van der Waals surface area contributed by atoms with E-state index in [9.17, 15) is 9.59 Å². The molecule has 1 atom stereocenters. The maximum Gasteiger partial charge on any atom is 0.232 e. The van der Waals surface area contributed by atoms with E-state index in [-0.39, 0.29) is 18.2 Å². The highest BCUT2D eigenvalue weighted by Gasteiger charge is 2.29. The Morgan fingerprint density at radius 3 is 2.87 bits per heavy atom. The average molecular weight is 313 g/mol. The number of nitrogens with one attached hydrogen (secondary N) is 2. The van der Waals surface area contributed by atoms with Crippen LogP contribution in [-0.4, -0.2) is 26.6 Å². The SMILES string of the molecule is Cc1nc2n(n1)CC(CC(=O)Nc1ccc(C)c(C)c1)C(=O)N2. The van der Waals surface area contributed by atoms with Crippen LogP contribution >= 0.6 is 0 Å². The Balaban J connectivity index is 1.66. The van der Waals surface area contributed by atoms with Gasteiger partial charge in [-0.15, -0.1) is 0 Å². The van der Waals surface area contributed by atoms with Crippen molar-refractivity contribution in [3.63, 3.8) is 0 Å². The van der Waals surface area contributed by atoms with Crippen molar-refractivity contribution in [2.45, 2.75) is 33.7 Å². The van der Waals surface area contributed by atoms with E-state index in [0.717, 1.165) is 11.3 Å². The Kier molecular flexibility index (Phi) is 3.85. The van der Waals surface area contributed by atoms with Crippen molar-refractivity contribution in [1.29, 1.82) is 0 Å². The lowest BCUT2D eigenvalue weighted by atomic mass is 10.0. The summed E-state index contributed by atoms with van der Waals surface area (Å²) in [5.41, 5.74) is 3.02. The normalized spacial score (nSPS) is 16.7. The lowest BCUT2D eigenvalue weighted by molar-refractivity contribution is -0.125. The molecule has 1 aliphatic rings. The molecule has 1 aromatic heterocycles. The predicted octanol–water partition coefficient (Wildman–Crippen LogP) is 1.80. The van der Waals surface area contributed by atoms with Gasteiger partial charge < -0.3 is 5.32 Å². The summed E-state index contributed by atoms with van der Waals surface area (Å²) in [5, 5.41) is 9.74. The lowest BCUT2D eigenvalue weighted by Crippen LogP contribution is -2.36. The number of fused-ring (bicyclic) bond motifs is 1. The third kappa shape index (κ3) is 3.23. The van der Waals surface area contributed by atoms with Crippen LogP contribution in [0, 0.1) is 26.7 Å². The second kappa shape index (κ2) is 5.83. The molecule has 23 heavy (non-hydrogen) atoms. The highest BCUT2D eigenvalue weighted by atomic mass is 16.2. The molecule has 0 radical (unpaired) electrons. The fraction of sp³-hybridized carbons (Fsp3) is 0.375. The van der Waals surface area contributed by atoms with E-state index >= 15 is 0 Å². The second-order valence-corrected chi connectivity index (χ2v) is 5.90. The molecule has 0 spiro atoms. The van der Waals surface area contributed by atoms with Gasteiger partial charge in [-0.25, -0.2) is 4.68 Å². The summed E-state index contributed by atoms with van der Waals surface area (Å²) >= 11 is 0. The standard InChI is InChI=1S/C16H19N5O2/c1-9-4-5-13(6-10(9)2)18-14(22)7-12-8-21-16(19-15(12)23)17-11(3)20-21/h4-6,12H,7-8H2,1-3H3,(H,18,22)(H,17,19,20,23). The molecule has 7 nitrogen and oxygen atoms in total. The monoisotopic (exact) mass is 313 g/mol. The first-order valence-electron chi connectivity index (χ1n) is 7.52. The molecule has 120 valence electrons. The Hall–Kier alpha value is -2.70. The van der Waals surface area contributed by atoms with Gasteiger partial charge in [-0.1, -0.05) is 6.07 Å². The van der Waals surface area contributed by atoms with Crippen molar-refractivity contribution >= 4 is 23.5 Å². The van der Waals surface area contributed by atoms with Crippen LogP contribution in [0.5, 0.6) is 0 Å². The topological polar surface area (TPSA) is 88.9 Å². The van der Waals surface area contributed by atoms with Gasteiger partial charge in [-0.05, 0) is 44.0 Å². The van der Waals surface area contributed by atoms with Crippen LogP contribution in [0.25, 0.3) is 0 Å². The lowest BCUT2D eigenvalue weighted by Gasteiger charge is -2.21. The first-order chi connectivity index (χ1) is 10.9. The van der Waals surface area contributed by atoms with Gasteiger partial charge in [0.25, 0.3) is 0 Å². The Morgan fingerprint density at radius 1 is 1.35 bits per heavy atom. The van der Waals surface area contributed by atoms with Crippen LogP contribution < -0.4 is 10.6 Å². The minimum absolute atomic E-state index is 0.108. The average Bonchev–Trinajstić information content (AvgIpc) is 2.82. The van der Waals surface area contributed by atoms with Gasteiger partial charge in [0, 0.05) is 12.1 Å². The van der Waals surface area contributed by atoms with Gasteiger partial charge in [0.2, 0.25) is 17.8 Å². The second-order valence-electron chi connectivity index (χ2n) is 5.90. The number of amides is 2. The number of hydrogen-bond acceptors (Lipinski definition) is 4. The molecule has 7 heteroatoms. The van der Waals surface area contributed by atoms with Crippen LogP contribution in [0.15, 0.2) is 18.2 Å². The Morgan fingerprint density at radius 2 is 2.13 bits per heavy atom. The predicted molar refractivity (Wildman–Crippen MR) is 86.0 cm³/mol. The number of hydrogen-bond donors (Lipinski definition) is 2. The van der Waals surface area contributed by atoms with Crippen molar-refractivity contribution in [3.05, 3.63) is 35.2 Å². The molecule has 1 unspecified atom stereocenters. The first kappa shape index (κ1) is 15.2. The van der Waals surface area contributed by atoms with Gasteiger partial charge in [-0.2, -0.15) is 10.1 Å². The molecule has 0 aliphatic carbocycles. The molecule has 1 aromatic carbocycles. The number of rotatable bonds is 3. The Bertz CT molecular complexity index is 781. The molecule has 0 bridgehead atoms. The van der Waals surface area contributed by atoms with Crippen LogP contribution in [-0.2, 0) is 16.1 Å². The fourth-order valence-electron chi connectivity index (χ4n) is 2.59. The zero-order chi connectivity index (χ0) is 16.6. The fourth-order valence-corrected chi connectivity index (χ4v) is 2.59. The minimum atomic E-state index is -0.449. The van der Waals surface area contributed by atoms with Gasteiger partial charge in [0.1, 0.15) is 5.82 Å². The molecule has 0 saturated carbocycles. The molecule has 1 aliphatic heterocycles. The molecule has 2 heterocycles. The quantitative estimate of drug-likeness (QED) is 0.904. The Labute approximate surface area is 134 Å². The van der Waals surface area contributed by atoms with Crippen molar-refractivity contribution in [2.24, 2.45) is 5.92 Å². The van der Waals surface area contributed by atoms with Gasteiger partial charge in [-0.3, -0.25) is 14.9 Å². The third-order valence-corrected chi connectivity index (χ3v) is 4.00. The third-order valence-electron chi connectivity index (χ3n) is 4.00. The van der Waals surface area contributed by atoms with E-state index in [1.165, 1.54) is 5.56 Å². The number of anilines is 2. The number of aromatic nitrogens is 3. The van der Waals surface area contributed by atoms with Crippen molar-refractivity contribution in [1.82, 2.24) is 14.8 Å². The molecule has 3 rings (SSSR count). The highest BCUT2D eigenvalue weighted by molar-refractivity contribution is 5.98. The van der Waals surface area contributed by atoms with E-state index in [4.69, 9.17) is 0 Å². The number of carbonyl (C=O) groups excluding carboxylic acids is 2. The van der Waals surface area contributed by atoms with Gasteiger partial charge in [0.05, 0.1) is 12.5 Å². The molecule has 2 aromatic rings. The summed E-state index contributed by atoms with van der Waals surface area (Å²) < 4.78 is 1.63. The maximum atomic E-state index is 12.2. The van der Waals surface area contributed by atoms with E-state index < -0.39 is 5.92 Å². The zero-order valence-electron chi connectivity index (χ0n) is 13.4. The molecule has 0 fully saturated rings. The summed E-state index contributed by atoms with van der Waals surface area (Å²) in [6.45, 7) is 6.14. The molecule has 2 amide bonds. The molecular weight excluding hydrogens is 294 g/mol. The number of carbonyl (C=O) groups is 2. The summed E-state index contributed by atoms with van der Waals surface area (Å²) in [6.07, 6.45) is 0.108. The summed E-state index contributed by atoms with van der Waals surface area (Å²) in [4.78, 5) is 28.4. The van der Waals surface area contributed by atoms with E-state index in [1.807, 2.05) is 32.0 Å². The summed E-state index contributed by atoms with van der Waals surface area (Å²) in [7, 11) is 0. The largest absolute Gasteiger partial charge is 0.326 e. The van der Waals surface area contributed by atoms with E-state index in [1.54, 1.807) is 11.6 Å². The molecule has 2 N–H and O–H groups in total. The number of benzene rings is 1. The van der Waals surface area contributed by atoms with Crippen LogP contribution in [0.3, 0.4) is 0 Å². The van der Waals surface area contributed by atoms with Crippen LogP contribution in [0.2, 0.25) is 0 Å². The van der Waals surface area contributed by atoms with E-state index in [2.05, 4.69) is 20.7 Å². The minimum Gasteiger partial charge on any atom is -0.326 e. The van der Waals surface area contributed by atoms with Crippen LogP contribution in [0.4, 0.5) is 11.6 Å². The summed E-state index contributed by atoms with van der Waals surface area (Å²) in [5.74, 6) is 0.211. The first-order valence-corrected chi connectivity index (χ1v) is 7.52. The molecular formula is C16H19N5O2. The van der Waals surface area contributed by atoms with Crippen molar-refractivity contribution in [2.75, 3.05) is 10.6 Å². The smallest absolute Gasteiger partial charge is 0.232 e. The zero-order valence-corrected chi connectivity index (χ0v) is 13.4. The van der Waals surface area contributed by atoms with Crippen molar-refractivity contribution in [3.8, 4) is 0 Å². The van der Waals surface area contributed by atoms with Gasteiger partial charge in [0.15, 0.2) is 0 Å². The highest BCUT2D eigenvalue weighted by Crippen LogP contribution is 2.20. The van der Waals surface area contributed by atoms with E-state index in [0.29, 0.717) is 18.3 Å². The number of nitrogens with zero attached hydrogens (tertiary/aromatic N) is 3. The summed E-state index contributed by atoms with van der Waals surface area (Å²) in [6, 6.07) is 5.75.